The first-order valence-electron chi connectivity index (χ1n) is 8.27. The summed E-state index contributed by atoms with van der Waals surface area (Å²) in [4.78, 5) is 11.5. The molecular weight excluding hydrogens is 355 g/mol. The number of hydrogen-bond donors (Lipinski definition) is 0. The highest BCUT2D eigenvalue weighted by molar-refractivity contribution is 7.49. The fourth-order valence-electron chi connectivity index (χ4n) is 2.97. The molecule has 0 bridgehead atoms. The van der Waals surface area contributed by atoms with Gasteiger partial charge in [-0.2, -0.15) is 0 Å². The van der Waals surface area contributed by atoms with Gasteiger partial charge in [0.05, 0.1) is 6.42 Å². The molecule has 1 saturated heterocycles. The molecular formula is C19H17O6P. The van der Waals surface area contributed by atoms with Crippen molar-refractivity contribution < 1.29 is 27.7 Å². The molecule has 0 spiro atoms. The van der Waals surface area contributed by atoms with E-state index in [1.54, 1.807) is 54.6 Å². The highest BCUT2D eigenvalue weighted by Crippen LogP contribution is 2.52. The van der Waals surface area contributed by atoms with E-state index in [4.69, 9.17) is 18.3 Å². The van der Waals surface area contributed by atoms with Crippen LogP contribution in [0.15, 0.2) is 72.8 Å². The van der Waals surface area contributed by atoms with Gasteiger partial charge in [0.2, 0.25) is 0 Å². The maximum absolute atomic E-state index is 13.3. The summed E-state index contributed by atoms with van der Waals surface area (Å²) >= 11 is 0. The van der Waals surface area contributed by atoms with Crippen molar-refractivity contribution in [3.8, 4) is 11.5 Å². The average Bonchev–Trinajstić information content (AvgIpc) is 3.16. The van der Waals surface area contributed by atoms with Crippen LogP contribution >= 0.6 is 7.82 Å². The Morgan fingerprint density at radius 3 is 2.04 bits per heavy atom. The maximum atomic E-state index is 13.3. The number of esters is 1. The normalized spacial score (nSPS) is 24.2. The van der Waals surface area contributed by atoms with E-state index in [9.17, 15) is 9.36 Å². The summed E-state index contributed by atoms with van der Waals surface area (Å²) in [5, 5.41) is 0. The molecule has 26 heavy (non-hydrogen) atoms. The number of ether oxygens (including phenoxy) is 1. The summed E-state index contributed by atoms with van der Waals surface area (Å²) in [5.74, 6) is 0.345. The number of para-hydroxylation sites is 2. The smallest absolute Gasteiger partial charge is 0.459 e. The Morgan fingerprint density at radius 2 is 1.46 bits per heavy atom. The van der Waals surface area contributed by atoms with Crippen molar-refractivity contribution in [3.05, 3.63) is 72.8 Å². The van der Waals surface area contributed by atoms with Gasteiger partial charge in [-0.25, -0.2) is 4.57 Å². The largest absolute Gasteiger partial charge is 0.588 e. The lowest BCUT2D eigenvalue weighted by atomic mass is 10.1. The molecule has 1 heterocycles. The van der Waals surface area contributed by atoms with Gasteiger partial charge in [-0.1, -0.05) is 48.6 Å². The first-order valence-corrected chi connectivity index (χ1v) is 9.73. The molecule has 6 nitrogen and oxygen atoms in total. The van der Waals surface area contributed by atoms with E-state index in [0.29, 0.717) is 17.9 Å². The number of phosphoric ester groups is 1. The van der Waals surface area contributed by atoms with Crippen LogP contribution in [0.25, 0.3) is 0 Å². The molecule has 0 saturated carbocycles. The van der Waals surface area contributed by atoms with Gasteiger partial charge >= 0.3 is 13.8 Å². The summed E-state index contributed by atoms with van der Waals surface area (Å²) in [7, 11) is -4.02. The Hall–Kier alpha value is -2.56. The standard InChI is InChI=1S/C19H17O6P/c20-18-13-14-11-12-17(19(14)22-18)25-26(21,23-15-7-3-1-4-8-15)24-16-9-5-2-6-10-16/h1-12,14,17,19H,13H2/t14-,17+,19+/m0/s1. The van der Waals surface area contributed by atoms with Gasteiger partial charge in [-0.15, -0.1) is 0 Å². The minimum Gasteiger partial charge on any atom is -0.459 e. The predicted molar refractivity (Wildman–Crippen MR) is 93.7 cm³/mol. The van der Waals surface area contributed by atoms with Gasteiger partial charge in [0.25, 0.3) is 0 Å². The number of phosphoric acid groups is 1. The molecule has 2 aromatic rings. The second-order valence-electron chi connectivity index (χ2n) is 6.03. The van der Waals surface area contributed by atoms with E-state index in [-0.39, 0.29) is 11.9 Å². The molecule has 1 aliphatic heterocycles. The Labute approximate surface area is 151 Å². The quantitative estimate of drug-likeness (QED) is 0.431. The number of benzene rings is 2. The van der Waals surface area contributed by atoms with E-state index in [1.165, 1.54) is 0 Å². The molecule has 134 valence electrons. The fourth-order valence-corrected chi connectivity index (χ4v) is 4.34. The van der Waals surface area contributed by atoms with Gasteiger partial charge in [0.1, 0.15) is 23.7 Å². The Kier molecular flexibility index (Phi) is 4.53. The van der Waals surface area contributed by atoms with Gasteiger partial charge in [0, 0.05) is 5.92 Å². The maximum Gasteiger partial charge on any atom is 0.588 e. The van der Waals surface area contributed by atoms with Gasteiger partial charge in [-0.05, 0) is 24.3 Å². The third-order valence-electron chi connectivity index (χ3n) is 4.14. The van der Waals surface area contributed by atoms with Crippen molar-refractivity contribution in [2.75, 3.05) is 0 Å². The predicted octanol–water partition coefficient (Wildman–Crippen LogP) is 4.14. The van der Waals surface area contributed by atoms with Crippen molar-refractivity contribution >= 4 is 13.8 Å². The second kappa shape index (κ2) is 6.98. The zero-order chi connectivity index (χ0) is 18.0. The summed E-state index contributed by atoms with van der Waals surface area (Å²) in [6.07, 6.45) is 2.68. The first kappa shape index (κ1) is 16.9. The minimum absolute atomic E-state index is 0.0746. The van der Waals surface area contributed by atoms with Crippen molar-refractivity contribution in [3.63, 3.8) is 0 Å². The minimum atomic E-state index is -4.02. The lowest BCUT2D eigenvalue weighted by molar-refractivity contribution is -0.143. The van der Waals surface area contributed by atoms with Crippen LogP contribution in [0.1, 0.15) is 6.42 Å². The summed E-state index contributed by atoms with van der Waals surface area (Å²) in [5.41, 5.74) is 0. The fraction of sp³-hybridized carbons (Fsp3) is 0.211. The van der Waals surface area contributed by atoms with Crippen molar-refractivity contribution in [2.24, 2.45) is 5.92 Å². The second-order valence-corrected chi connectivity index (χ2v) is 7.50. The van der Waals surface area contributed by atoms with Gasteiger partial charge < -0.3 is 13.8 Å². The average molecular weight is 372 g/mol. The zero-order valence-electron chi connectivity index (χ0n) is 13.8. The highest BCUT2D eigenvalue weighted by Gasteiger charge is 2.47. The molecule has 2 aliphatic rings. The van der Waals surface area contributed by atoms with E-state index in [0.717, 1.165) is 0 Å². The van der Waals surface area contributed by atoms with E-state index in [2.05, 4.69) is 0 Å². The number of hydrogen-bond acceptors (Lipinski definition) is 6. The number of rotatable bonds is 6. The van der Waals surface area contributed by atoms with Crippen molar-refractivity contribution in [2.45, 2.75) is 18.6 Å². The Bertz CT molecular complexity index is 805. The van der Waals surface area contributed by atoms with Crippen LogP contribution in [-0.4, -0.2) is 18.2 Å². The van der Waals surface area contributed by atoms with Crippen LogP contribution in [0.3, 0.4) is 0 Å². The van der Waals surface area contributed by atoms with Crippen molar-refractivity contribution in [1.29, 1.82) is 0 Å². The highest BCUT2D eigenvalue weighted by atomic mass is 31.2. The third kappa shape index (κ3) is 3.66. The van der Waals surface area contributed by atoms with Crippen LogP contribution in [0.4, 0.5) is 0 Å². The molecule has 0 unspecified atom stereocenters. The van der Waals surface area contributed by atoms with Crippen LogP contribution in [0.5, 0.6) is 11.5 Å². The number of fused-ring (bicyclic) bond motifs is 1. The SMILES string of the molecule is O=C1C[C@@H]2C=C[C@@H](OP(=O)(Oc3ccccc3)Oc3ccccc3)[C@@H]2O1. The molecule has 0 radical (unpaired) electrons. The summed E-state index contributed by atoms with van der Waals surface area (Å²) < 4.78 is 35.5. The Morgan fingerprint density at radius 1 is 0.885 bits per heavy atom. The molecule has 0 amide bonds. The molecule has 3 atom stereocenters. The lowest BCUT2D eigenvalue weighted by Gasteiger charge is -2.24. The van der Waals surface area contributed by atoms with E-state index < -0.39 is 20.0 Å². The molecule has 0 aromatic heterocycles. The third-order valence-corrected chi connectivity index (χ3v) is 5.51. The molecule has 1 aliphatic carbocycles. The molecule has 1 fully saturated rings. The summed E-state index contributed by atoms with van der Waals surface area (Å²) in [6, 6.07) is 17.3. The Balaban J connectivity index is 1.57. The van der Waals surface area contributed by atoms with Crippen LogP contribution in [-0.2, 0) is 18.6 Å². The summed E-state index contributed by atoms with van der Waals surface area (Å²) in [6.45, 7) is 0. The van der Waals surface area contributed by atoms with Crippen LogP contribution in [0, 0.1) is 5.92 Å². The number of carbonyl (C=O) groups is 1. The van der Waals surface area contributed by atoms with Crippen LogP contribution < -0.4 is 9.05 Å². The molecule has 2 aromatic carbocycles. The molecule has 7 heteroatoms. The first-order chi connectivity index (χ1) is 12.6. The number of carbonyl (C=O) groups excluding carboxylic acids is 1. The monoisotopic (exact) mass is 372 g/mol. The zero-order valence-corrected chi connectivity index (χ0v) is 14.7. The van der Waals surface area contributed by atoms with Crippen molar-refractivity contribution in [1.82, 2.24) is 0 Å². The van der Waals surface area contributed by atoms with Gasteiger partial charge in [-0.3, -0.25) is 9.32 Å². The topological polar surface area (TPSA) is 71.1 Å². The van der Waals surface area contributed by atoms with E-state index in [1.807, 2.05) is 18.2 Å². The molecule has 0 N–H and O–H groups in total. The van der Waals surface area contributed by atoms with Gasteiger partial charge in [0.15, 0.2) is 0 Å². The van der Waals surface area contributed by atoms with Crippen LogP contribution in [0.2, 0.25) is 0 Å². The molecule has 4 rings (SSSR count). The van der Waals surface area contributed by atoms with E-state index >= 15 is 0 Å². The lowest BCUT2D eigenvalue weighted by Crippen LogP contribution is -2.28.